The molecule has 6 nitrogen and oxygen atoms in total. The highest BCUT2D eigenvalue weighted by molar-refractivity contribution is 5.46. The molecule has 0 aliphatic heterocycles. The summed E-state index contributed by atoms with van der Waals surface area (Å²) < 4.78 is 12.2. The summed E-state index contributed by atoms with van der Waals surface area (Å²) in [6.45, 7) is 0. The zero-order chi connectivity index (χ0) is 14.8. The zero-order valence-electron chi connectivity index (χ0n) is 11.9. The highest BCUT2D eigenvalue weighted by atomic mass is 16.5. The number of methoxy groups -OCH3 is 2. The molecule has 0 fully saturated rings. The second-order valence-electron chi connectivity index (χ2n) is 4.68. The fraction of sp³-hybridized carbons (Fsp3) is 0.200. The first-order chi connectivity index (χ1) is 10.2. The van der Waals surface area contributed by atoms with Gasteiger partial charge in [0.1, 0.15) is 0 Å². The number of hydrogen-bond donors (Lipinski definition) is 1. The quantitative estimate of drug-likeness (QED) is 0.792. The van der Waals surface area contributed by atoms with Crippen LogP contribution in [0.2, 0.25) is 0 Å². The summed E-state index contributed by atoms with van der Waals surface area (Å²) in [5.41, 5.74) is 8.56. The van der Waals surface area contributed by atoms with Gasteiger partial charge in [-0.15, -0.1) is 5.10 Å². The Morgan fingerprint density at radius 2 is 1.81 bits per heavy atom. The number of hydrogen-bond acceptors (Lipinski definition) is 5. The van der Waals surface area contributed by atoms with E-state index in [9.17, 15) is 0 Å². The predicted molar refractivity (Wildman–Crippen MR) is 79.8 cm³/mol. The average Bonchev–Trinajstić information content (AvgIpc) is 2.86. The normalized spacial score (nSPS) is 10.8. The number of rotatable bonds is 4. The summed E-state index contributed by atoms with van der Waals surface area (Å²) in [7, 11) is 3.26. The standard InChI is InChI=1S/C15H16N4O2/c1-20-12-5-3-10(8-13(12)21-2)7-11-4-6-14-17-15(16)18-19(14)9-11/h3-6,8-9H,7H2,1-2H3,(H2,16,18). The molecule has 2 N–H and O–H groups in total. The monoisotopic (exact) mass is 284 g/mol. The number of benzene rings is 1. The molecule has 2 aromatic heterocycles. The van der Waals surface area contributed by atoms with Gasteiger partial charge in [0, 0.05) is 6.20 Å². The van der Waals surface area contributed by atoms with E-state index < -0.39 is 0 Å². The van der Waals surface area contributed by atoms with Gasteiger partial charge >= 0.3 is 0 Å². The van der Waals surface area contributed by atoms with Crippen LogP contribution in [0.3, 0.4) is 0 Å². The lowest BCUT2D eigenvalue weighted by Gasteiger charge is -2.09. The van der Waals surface area contributed by atoms with Gasteiger partial charge in [-0.25, -0.2) is 4.52 Å². The van der Waals surface area contributed by atoms with Crippen molar-refractivity contribution in [2.24, 2.45) is 0 Å². The molecule has 3 rings (SSSR count). The lowest BCUT2D eigenvalue weighted by molar-refractivity contribution is 0.354. The van der Waals surface area contributed by atoms with E-state index in [-0.39, 0.29) is 5.95 Å². The first-order valence-electron chi connectivity index (χ1n) is 6.51. The number of anilines is 1. The van der Waals surface area contributed by atoms with Crippen molar-refractivity contribution in [2.75, 3.05) is 20.0 Å². The van der Waals surface area contributed by atoms with Gasteiger partial charge in [0.05, 0.1) is 14.2 Å². The van der Waals surface area contributed by atoms with Crippen molar-refractivity contribution < 1.29 is 9.47 Å². The van der Waals surface area contributed by atoms with E-state index in [0.29, 0.717) is 0 Å². The average molecular weight is 284 g/mol. The van der Waals surface area contributed by atoms with Crippen LogP contribution in [0.5, 0.6) is 11.5 Å². The van der Waals surface area contributed by atoms with Crippen molar-refractivity contribution in [3.8, 4) is 11.5 Å². The second-order valence-corrected chi connectivity index (χ2v) is 4.68. The van der Waals surface area contributed by atoms with Gasteiger partial charge in [-0.1, -0.05) is 12.1 Å². The van der Waals surface area contributed by atoms with E-state index in [1.54, 1.807) is 18.7 Å². The van der Waals surface area contributed by atoms with Crippen molar-refractivity contribution in [1.82, 2.24) is 14.6 Å². The Balaban J connectivity index is 1.90. The van der Waals surface area contributed by atoms with E-state index in [0.717, 1.165) is 34.7 Å². The van der Waals surface area contributed by atoms with Crippen LogP contribution in [0.4, 0.5) is 5.95 Å². The largest absolute Gasteiger partial charge is 0.493 e. The molecule has 0 radical (unpaired) electrons. The van der Waals surface area contributed by atoms with Crippen molar-refractivity contribution in [3.05, 3.63) is 47.7 Å². The fourth-order valence-electron chi connectivity index (χ4n) is 2.27. The maximum absolute atomic E-state index is 5.59. The molecule has 0 aliphatic rings. The Hall–Kier alpha value is -2.76. The van der Waals surface area contributed by atoms with Crippen LogP contribution in [0, 0.1) is 0 Å². The van der Waals surface area contributed by atoms with E-state index in [4.69, 9.17) is 15.2 Å². The molecule has 0 aliphatic carbocycles. The first kappa shape index (κ1) is 13.2. The third-order valence-corrected chi connectivity index (χ3v) is 3.26. The Kier molecular flexibility index (Phi) is 3.35. The van der Waals surface area contributed by atoms with Gasteiger partial charge < -0.3 is 15.2 Å². The molecule has 0 spiro atoms. The molecular formula is C15H16N4O2. The minimum Gasteiger partial charge on any atom is -0.493 e. The minimum atomic E-state index is 0.276. The summed E-state index contributed by atoms with van der Waals surface area (Å²) in [5.74, 6) is 1.72. The lowest BCUT2D eigenvalue weighted by Crippen LogP contribution is -1.96. The predicted octanol–water partition coefficient (Wildman–Crippen LogP) is 1.92. The number of nitrogens with zero attached hydrogens (tertiary/aromatic N) is 3. The van der Waals surface area contributed by atoms with Crippen molar-refractivity contribution in [1.29, 1.82) is 0 Å². The second kappa shape index (κ2) is 5.32. The zero-order valence-corrected chi connectivity index (χ0v) is 11.9. The Bertz CT molecular complexity index is 782. The SMILES string of the molecule is COc1ccc(Cc2ccc3nc(N)nn3c2)cc1OC. The van der Waals surface area contributed by atoms with Crippen LogP contribution in [0.15, 0.2) is 36.5 Å². The molecule has 0 atom stereocenters. The molecule has 0 saturated carbocycles. The van der Waals surface area contributed by atoms with Crippen LogP contribution in [0.25, 0.3) is 5.65 Å². The summed E-state index contributed by atoms with van der Waals surface area (Å²) >= 11 is 0. The summed E-state index contributed by atoms with van der Waals surface area (Å²) in [4.78, 5) is 4.10. The number of pyridine rings is 1. The number of nitrogen functional groups attached to an aromatic ring is 1. The van der Waals surface area contributed by atoms with Gasteiger partial charge in [0.25, 0.3) is 0 Å². The van der Waals surface area contributed by atoms with Gasteiger partial charge in [0.2, 0.25) is 5.95 Å². The van der Waals surface area contributed by atoms with Crippen LogP contribution < -0.4 is 15.2 Å². The molecular weight excluding hydrogens is 268 g/mol. The third-order valence-electron chi connectivity index (χ3n) is 3.26. The number of aromatic nitrogens is 3. The number of fused-ring (bicyclic) bond motifs is 1. The van der Waals surface area contributed by atoms with E-state index in [1.165, 1.54) is 0 Å². The minimum absolute atomic E-state index is 0.276. The topological polar surface area (TPSA) is 74.7 Å². The maximum atomic E-state index is 5.59. The molecule has 6 heteroatoms. The Morgan fingerprint density at radius 3 is 2.57 bits per heavy atom. The van der Waals surface area contributed by atoms with Crippen LogP contribution in [0.1, 0.15) is 11.1 Å². The van der Waals surface area contributed by atoms with Gasteiger partial charge in [-0.3, -0.25) is 0 Å². The lowest BCUT2D eigenvalue weighted by atomic mass is 10.1. The highest BCUT2D eigenvalue weighted by Gasteiger charge is 2.06. The van der Waals surface area contributed by atoms with Crippen molar-refractivity contribution in [2.45, 2.75) is 6.42 Å². The summed E-state index contributed by atoms with van der Waals surface area (Å²) in [6.07, 6.45) is 2.69. The molecule has 2 heterocycles. The molecule has 0 amide bonds. The third kappa shape index (κ3) is 2.60. The fourth-order valence-corrected chi connectivity index (χ4v) is 2.27. The molecule has 0 bridgehead atoms. The van der Waals surface area contributed by atoms with Crippen LogP contribution in [-0.4, -0.2) is 28.8 Å². The highest BCUT2D eigenvalue weighted by Crippen LogP contribution is 2.28. The van der Waals surface area contributed by atoms with Crippen LogP contribution in [-0.2, 0) is 6.42 Å². The Morgan fingerprint density at radius 1 is 1.05 bits per heavy atom. The first-order valence-corrected chi connectivity index (χ1v) is 6.51. The van der Waals surface area contributed by atoms with E-state index in [1.807, 2.05) is 36.5 Å². The molecule has 21 heavy (non-hydrogen) atoms. The molecule has 0 saturated heterocycles. The van der Waals surface area contributed by atoms with Crippen molar-refractivity contribution in [3.63, 3.8) is 0 Å². The number of nitrogens with two attached hydrogens (primary N) is 1. The summed E-state index contributed by atoms with van der Waals surface area (Å²) in [6, 6.07) is 9.81. The van der Waals surface area contributed by atoms with E-state index in [2.05, 4.69) is 10.1 Å². The maximum Gasteiger partial charge on any atom is 0.240 e. The van der Waals surface area contributed by atoms with Gasteiger partial charge in [-0.2, -0.15) is 4.98 Å². The van der Waals surface area contributed by atoms with E-state index >= 15 is 0 Å². The molecule has 3 aromatic rings. The smallest absolute Gasteiger partial charge is 0.240 e. The number of ether oxygens (including phenoxy) is 2. The van der Waals surface area contributed by atoms with Crippen molar-refractivity contribution >= 4 is 11.6 Å². The van der Waals surface area contributed by atoms with Crippen LogP contribution >= 0.6 is 0 Å². The van der Waals surface area contributed by atoms with Gasteiger partial charge in [0.15, 0.2) is 17.1 Å². The summed E-state index contributed by atoms with van der Waals surface area (Å²) in [5, 5.41) is 4.12. The molecule has 1 aromatic carbocycles. The van der Waals surface area contributed by atoms with Gasteiger partial charge in [-0.05, 0) is 35.7 Å². The Labute approximate surface area is 122 Å². The molecule has 108 valence electrons. The molecule has 0 unspecified atom stereocenters.